The van der Waals surface area contributed by atoms with Crippen LogP contribution in [-0.2, 0) is 9.47 Å². The van der Waals surface area contributed by atoms with E-state index in [4.69, 9.17) is 26.1 Å². The third kappa shape index (κ3) is 5.10. The van der Waals surface area contributed by atoms with Crippen molar-refractivity contribution in [2.45, 2.75) is 0 Å². The molecule has 2 aliphatic heterocycles. The fraction of sp³-hybridized carbons (Fsp3) is 0.471. The normalized spacial score (nSPS) is 17.4. The second-order valence-corrected chi connectivity index (χ2v) is 6.53. The number of nitrogens with zero attached hydrogens (tertiary/aromatic N) is 5. The Labute approximate surface area is 169 Å². The highest BCUT2D eigenvalue weighted by molar-refractivity contribution is 6.30. The Kier molecular flexibility index (Phi) is 6.89. The standard InChI is InChI=1S/C17H21ClN6O2.ClH/c18-13-1-3-14(4-2-13)19-15-20-16(23-5-9-25-10-6-23)22-17(21-15)24-7-11-26-12-8-24;/h1-4H,5-12H2,(H,19,20,21,22);1H. The van der Waals surface area contributed by atoms with E-state index in [-0.39, 0.29) is 12.4 Å². The molecule has 0 saturated carbocycles. The molecule has 27 heavy (non-hydrogen) atoms. The fourth-order valence-corrected chi connectivity index (χ4v) is 3.01. The molecule has 2 aromatic rings. The first kappa shape index (κ1) is 19.9. The van der Waals surface area contributed by atoms with Crippen molar-refractivity contribution in [3.05, 3.63) is 29.3 Å². The van der Waals surface area contributed by atoms with Gasteiger partial charge in [-0.15, -0.1) is 12.4 Å². The molecule has 1 N–H and O–H groups in total. The third-order valence-electron chi connectivity index (χ3n) is 4.30. The maximum atomic E-state index is 5.96. The highest BCUT2D eigenvalue weighted by Crippen LogP contribution is 2.22. The molecular formula is C17H22Cl2N6O2. The van der Waals surface area contributed by atoms with Crippen molar-refractivity contribution in [1.29, 1.82) is 0 Å². The van der Waals surface area contributed by atoms with Gasteiger partial charge in [0, 0.05) is 36.9 Å². The van der Waals surface area contributed by atoms with Crippen LogP contribution in [0.4, 0.5) is 23.5 Å². The zero-order valence-electron chi connectivity index (χ0n) is 14.8. The molecule has 146 valence electrons. The first-order chi connectivity index (χ1) is 12.8. The van der Waals surface area contributed by atoms with E-state index in [0.717, 1.165) is 31.9 Å². The minimum absolute atomic E-state index is 0. The highest BCUT2D eigenvalue weighted by Gasteiger charge is 2.20. The van der Waals surface area contributed by atoms with Crippen molar-refractivity contribution >= 4 is 47.5 Å². The molecule has 1 aromatic carbocycles. The molecule has 0 aliphatic carbocycles. The monoisotopic (exact) mass is 412 g/mol. The lowest BCUT2D eigenvalue weighted by Crippen LogP contribution is -2.40. The van der Waals surface area contributed by atoms with Gasteiger partial charge in [0.25, 0.3) is 0 Å². The van der Waals surface area contributed by atoms with Crippen molar-refractivity contribution in [1.82, 2.24) is 15.0 Å². The number of ether oxygens (including phenoxy) is 2. The van der Waals surface area contributed by atoms with Crippen molar-refractivity contribution in [3.63, 3.8) is 0 Å². The summed E-state index contributed by atoms with van der Waals surface area (Å²) >= 11 is 5.96. The first-order valence-corrected chi connectivity index (χ1v) is 9.10. The van der Waals surface area contributed by atoms with Gasteiger partial charge in [-0.3, -0.25) is 0 Å². The van der Waals surface area contributed by atoms with Crippen LogP contribution < -0.4 is 15.1 Å². The van der Waals surface area contributed by atoms with Gasteiger partial charge < -0.3 is 24.6 Å². The highest BCUT2D eigenvalue weighted by atomic mass is 35.5. The van der Waals surface area contributed by atoms with Gasteiger partial charge in [0.15, 0.2) is 0 Å². The summed E-state index contributed by atoms with van der Waals surface area (Å²) in [4.78, 5) is 18.2. The van der Waals surface area contributed by atoms with E-state index in [1.54, 1.807) is 0 Å². The number of benzene rings is 1. The summed E-state index contributed by atoms with van der Waals surface area (Å²) in [5, 5.41) is 3.94. The fourth-order valence-electron chi connectivity index (χ4n) is 2.88. The zero-order valence-corrected chi connectivity index (χ0v) is 16.4. The zero-order chi connectivity index (χ0) is 17.8. The van der Waals surface area contributed by atoms with E-state index >= 15 is 0 Å². The second kappa shape index (κ2) is 9.36. The maximum Gasteiger partial charge on any atom is 0.233 e. The van der Waals surface area contributed by atoms with Gasteiger partial charge in [-0.05, 0) is 24.3 Å². The number of hydrogen-bond donors (Lipinski definition) is 1. The van der Waals surface area contributed by atoms with E-state index < -0.39 is 0 Å². The van der Waals surface area contributed by atoms with Gasteiger partial charge >= 0.3 is 0 Å². The van der Waals surface area contributed by atoms with E-state index in [0.29, 0.717) is 49.3 Å². The Bertz CT molecular complexity index is 700. The minimum atomic E-state index is 0. The topological polar surface area (TPSA) is 75.6 Å². The lowest BCUT2D eigenvalue weighted by atomic mass is 10.3. The Morgan fingerprint density at radius 3 is 1.74 bits per heavy atom. The number of aromatic nitrogens is 3. The first-order valence-electron chi connectivity index (χ1n) is 8.72. The molecule has 2 saturated heterocycles. The molecule has 0 amide bonds. The summed E-state index contributed by atoms with van der Waals surface area (Å²) in [6, 6.07) is 7.46. The number of anilines is 4. The average Bonchev–Trinajstić information content (AvgIpc) is 2.71. The van der Waals surface area contributed by atoms with Gasteiger partial charge in [0.05, 0.1) is 26.4 Å². The van der Waals surface area contributed by atoms with Crippen LogP contribution in [0.25, 0.3) is 0 Å². The number of nitrogens with one attached hydrogen (secondary N) is 1. The van der Waals surface area contributed by atoms with E-state index in [9.17, 15) is 0 Å². The number of hydrogen-bond acceptors (Lipinski definition) is 8. The molecule has 8 nitrogen and oxygen atoms in total. The Hall–Kier alpha value is -1.87. The predicted molar refractivity (Wildman–Crippen MR) is 108 cm³/mol. The van der Waals surface area contributed by atoms with E-state index in [2.05, 4.69) is 25.1 Å². The predicted octanol–water partition coefficient (Wildman–Crippen LogP) is 2.36. The van der Waals surface area contributed by atoms with Crippen LogP contribution >= 0.6 is 24.0 Å². The Morgan fingerprint density at radius 2 is 1.26 bits per heavy atom. The average molecular weight is 413 g/mol. The van der Waals surface area contributed by atoms with Crippen LogP contribution in [0.5, 0.6) is 0 Å². The Balaban J connectivity index is 0.00000210. The molecule has 0 radical (unpaired) electrons. The van der Waals surface area contributed by atoms with Crippen LogP contribution in [0.15, 0.2) is 24.3 Å². The van der Waals surface area contributed by atoms with E-state index in [1.165, 1.54) is 0 Å². The molecule has 2 fully saturated rings. The molecule has 0 unspecified atom stereocenters. The summed E-state index contributed by atoms with van der Waals surface area (Å²) in [5.41, 5.74) is 0.876. The molecule has 0 spiro atoms. The largest absolute Gasteiger partial charge is 0.378 e. The maximum absolute atomic E-state index is 5.96. The minimum Gasteiger partial charge on any atom is -0.378 e. The molecule has 0 atom stereocenters. The molecular weight excluding hydrogens is 391 g/mol. The number of morpholine rings is 2. The molecule has 0 bridgehead atoms. The van der Waals surface area contributed by atoms with Crippen LogP contribution in [0.1, 0.15) is 0 Å². The third-order valence-corrected chi connectivity index (χ3v) is 4.55. The number of rotatable bonds is 4. The van der Waals surface area contributed by atoms with Gasteiger partial charge in [-0.25, -0.2) is 0 Å². The van der Waals surface area contributed by atoms with Gasteiger partial charge in [0.1, 0.15) is 0 Å². The van der Waals surface area contributed by atoms with Gasteiger partial charge in [-0.2, -0.15) is 15.0 Å². The summed E-state index contributed by atoms with van der Waals surface area (Å²) in [6.45, 7) is 5.80. The molecule has 10 heteroatoms. The molecule has 1 aromatic heterocycles. The van der Waals surface area contributed by atoms with Crippen molar-refractivity contribution in [2.75, 3.05) is 67.7 Å². The van der Waals surface area contributed by atoms with Crippen LogP contribution in [0.3, 0.4) is 0 Å². The summed E-state index contributed by atoms with van der Waals surface area (Å²) in [6.07, 6.45) is 0. The Morgan fingerprint density at radius 1 is 0.778 bits per heavy atom. The lowest BCUT2D eigenvalue weighted by molar-refractivity contribution is 0.121. The summed E-state index contributed by atoms with van der Waals surface area (Å²) < 4.78 is 10.9. The molecule has 3 heterocycles. The van der Waals surface area contributed by atoms with Crippen molar-refractivity contribution in [3.8, 4) is 0 Å². The summed E-state index contributed by atoms with van der Waals surface area (Å²) in [5.74, 6) is 1.85. The van der Waals surface area contributed by atoms with Crippen LogP contribution in [0.2, 0.25) is 5.02 Å². The molecule has 4 rings (SSSR count). The van der Waals surface area contributed by atoms with Gasteiger partial charge in [-0.1, -0.05) is 11.6 Å². The quantitative estimate of drug-likeness (QED) is 0.819. The van der Waals surface area contributed by atoms with Crippen LogP contribution in [0, 0.1) is 0 Å². The second-order valence-electron chi connectivity index (χ2n) is 6.09. The van der Waals surface area contributed by atoms with E-state index in [1.807, 2.05) is 24.3 Å². The SMILES string of the molecule is Cl.Clc1ccc(Nc2nc(N3CCOCC3)nc(N3CCOCC3)n2)cc1. The summed E-state index contributed by atoms with van der Waals surface area (Å²) in [7, 11) is 0. The van der Waals surface area contributed by atoms with Crippen LogP contribution in [-0.4, -0.2) is 67.6 Å². The lowest BCUT2D eigenvalue weighted by Gasteiger charge is -2.30. The van der Waals surface area contributed by atoms with Crippen molar-refractivity contribution in [2.24, 2.45) is 0 Å². The van der Waals surface area contributed by atoms with Gasteiger partial charge in [0.2, 0.25) is 17.8 Å². The smallest absolute Gasteiger partial charge is 0.233 e. The molecule has 2 aliphatic rings. The number of halogens is 2. The van der Waals surface area contributed by atoms with Crippen molar-refractivity contribution < 1.29 is 9.47 Å².